The van der Waals surface area contributed by atoms with E-state index in [-0.39, 0.29) is 0 Å². The Morgan fingerprint density at radius 1 is 1.64 bits per heavy atom. The summed E-state index contributed by atoms with van der Waals surface area (Å²) in [6.45, 7) is 3.92. The highest BCUT2D eigenvalue weighted by molar-refractivity contribution is 8.13. The number of nitrogens with one attached hydrogen (secondary N) is 1. The van der Waals surface area contributed by atoms with Crippen LogP contribution in [0.4, 0.5) is 0 Å². The van der Waals surface area contributed by atoms with Crippen molar-refractivity contribution in [2.45, 2.75) is 13.8 Å². The van der Waals surface area contributed by atoms with Crippen LogP contribution in [0.3, 0.4) is 0 Å². The first-order valence-electron chi connectivity index (χ1n) is 3.25. The van der Waals surface area contributed by atoms with E-state index < -0.39 is 0 Å². The van der Waals surface area contributed by atoms with E-state index in [0.29, 0.717) is 10.7 Å². The van der Waals surface area contributed by atoms with Crippen LogP contribution in [0.5, 0.6) is 0 Å². The highest BCUT2D eigenvalue weighted by atomic mass is 32.2. The number of allylic oxidation sites excluding steroid dienone is 3. The Morgan fingerprint density at radius 3 is 2.82 bits per heavy atom. The molecule has 58 valence electrons. The van der Waals surface area contributed by atoms with Gasteiger partial charge in [0.25, 0.3) is 0 Å². The van der Waals surface area contributed by atoms with E-state index in [9.17, 15) is 0 Å². The lowest BCUT2D eigenvalue weighted by Gasteiger charge is -1.90. The van der Waals surface area contributed by atoms with Crippen LogP contribution in [0.2, 0.25) is 0 Å². The minimum atomic E-state index is 0.422. The fourth-order valence-electron chi connectivity index (χ4n) is 0.591. The maximum Gasteiger partial charge on any atom is 0.140 e. The van der Waals surface area contributed by atoms with E-state index in [2.05, 4.69) is 9.63 Å². The first kappa shape index (κ1) is 8.20. The van der Waals surface area contributed by atoms with Gasteiger partial charge in [-0.25, -0.2) is 0 Å². The topological polar surface area (TPSA) is 48.6 Å². The lowest BCUT2D eigenvalue weighted by molar-refractivity contribution is 1.28. The van der Waals surface area contributed by atoms with Crippen LogP contribution >= 0.6 is 11.9 Å². The summed E-state index contributed by atoms with van der Waals surface area (Å²) in [7, 11) is 0. The third-order valence-corrected chi connectivity index (χ3v) is 1.89. The van der Waals surface area contributed by atoms with Gasteiger partial charge in [0.05, 0.1) is 11.9 Å². The fourth-order valence-corrected chi connectivity index (χ4v) is 0.995. The molecular weight excluding hydrogens is 158 g/mol. The average Bonchev–Trinajstić information content (AvgIpc) is 2.37. The molecule has 3 nitrogen and oxygen atoms in total. The molecule has 0 radical (unpaired) electrons. The molecular formula is C7H9N3S. The fraction of sp³-hybridized carbons (Fsp3) is 0.286. The number of hydrogen-bond acceptors (Lipinski definition) is 4. The minimum Gasteiger partial charge on any atom is -0.290 e. The Morgan fingerprint density at radius 2 is 2.36 bits per heavy atom. The molecule has 0 amide bonds. The van der Waals surface area contributed by atoms with Crippen LogP contribution in [0.1, 0.15) is 13.8 Å². The maximum atomic E-state index is 7.35. The Hall–Kier alpha value is -0.900. The predicted octanol–water partition coefficient (Wildman–Crippen LogP) is 2.93. The van der Waals surface area contributed by atoms with Crippen LogP contribution in [-0.2, 0) is 0 Å². The van der Waals surface area contributed by atoms with Crippen molar-refractivity contribution in [1.82, 2.24) is 0 Å². The first-order valence-corrected chi connectivity index (χ1v) is 4.03. The van der Waals surface area contributed by atoms with Gasteiger partial charge >= 0.3 is 0 Å². The third-order valence-electron chi connectivity index (χ3n) is 1.33. The summed E-state index contributed by atoms with van der Waals surface area (Å²) in [6.07, 6.45) is 3.82. The molecule has 1 heterocycles. The van der Waals surface area contributed by atoms with Gasteiger partial charge in [-0.15, -0.1) is 9.63 Å². The molecule has 1 N–H and O–H groups in total. The summed E-state index contributed by atoms with van der Waals surface area (Å²) in [5.74, 6) is 0. The highest BCUT2D eigenvalue weighted by Crippen LogP contribution is 2.23. The van der Waals surface area contributed by atoms with E-state index in [4.69, 9.17) is 5.41 Å². The zero-order chi connectivity index (χ0) is 8.27. The Bertz CT molecular complexity index is 263. The van der Waals surface area contributed by atoms with Crippen molar-refractivity contribution >= 4 is 17.0 Å². The molecule has 0 fully saturated rings. The molecule has 0 aliphatic carbocycles. The van der Waals surface area contributed by atoms with E-state index in [0.717, 1.165) is 17.5 Å². The minimum absolute atomic E-state index is 0.422. The van der Waals surface area contributed by atoms with Crippen molar-refractivity contribution in [2.24, 2.45) is 9.63 Å². The zero-order valence-electron chi connectivity index (χ0n) is 6.46. The van der Waals surface area contributed by atoms with Crippen molar-refractivity contribution in [2.75, 3.05) is 0 Å². The predicted molar refractivity (Wildman–Crippen MR) is 47.7 cm³/mol. The number of rotatable bonds is 1. The molecule has 1 aliphatic heterocycles. The van der Waals surface area contributed by atoms with Gasteiger partial charge in [-0.1, -0.05) is 11.6 Å². The van der Waals surface area contributed by atoms with Crippen LogP contribution in [-0.4, -0.2) is 5.04 Å². The third kappa shape index (κ3) is 2.01. The normalized spacial score (nSPS) is 21.8. The molecule has 0 bridgehead atoms. The van der Waals surface area contributed by atoms with Gasteiger partial charge in [-0.2, -0.15) is 0 Å². The maximum absolute atomic E-state index is 7.35. The Labute approximate surface area is 69.9 Å². The molecule has 0 aromatic heterocycles. The van der Waals surface area contributed by atoms with Gasteiger partial charge in [0, 0.05) is 0 Å². The van der Waals surface area contributed by atoms with Gasteiger partial charge in [0.1, 0.15) is 10.7 Å². The molecule has 1 aliphatic rings. The van der Waals surface area contributed by atoms with E-state index >= 15 is 0 Å². The molecule has 0 atom stereocenters. The van der Waals surface area contributed by atoms with Crippen molar-refractivity contribution < 1.29 is 0 Å². The average molecular weight is 167 g/mol. The van der Waals surface area contributed by atoms with Gasteiger partial charge in [-0.3, -0.25) is 5.41 Å². The second-order valence-corrected chi connectivity index (χ2v) is 2.92. The van der Waals surface area contributed by atoms with Crippen LogP contribution in [0, 0.1) is 5.41 Å². The summed E-state index contributed by atoms with van der Waals surface area (Å²) in [4.78, 5) is 0. The Kier molecular flexibility index (Phi) is 2.59. The first-order chi connectivity index (χ1) is 5.24. The molecule has 0 saturated carbocycles. The van der Waals surface area contributed by atoms with Crippen LogP contribution in [0.15, 0.2) is 33.1 Å². The largest absolute Gasteiger partial charge is 0.290 e. The highest BCUT2D eigenvalue weighted by Gasteiger charge is 2.10. The molecule has 1 rings (SSSR count). The van der Waals surface area contributed by atoms with Gasteiger partial charge in [0.2, 0.25) is 0 Å². The van der Waals surface area contributed by atoms with E-state index in [1.807, 2.05) is 26.0 Å². The zero-order valence-corrected chi connectivity index (χ0v) is 7.27. The molecule has 0 aromatic carbocycles. The molecule has 11 heavy (non-hydrogen) atoms. The van der Waals surface area contributed by atoms with Gasteiger partial charge < -0.3 is 0 Å². The lowest BCUT2D eigenvalue weighted by atomic mass is 10.2. The van der Waals surface area contributed by atoms with Crippen molar-refractivity contribution in [3.63, 3.8) is 0 Å². The monoisotopic (exact) mass is 167 g/mol. The summed E-state index contributed by atoms with van der Waals surface area (Å²) >= 11 is 1.10. The second kappa shape index (κ2) is 3.48. The summed E-state index contributed by atoms with van der Waals surface area (Å²) in [5.41, 5.74) is 1.76. The lowest BCUT2D eigenvalue weighted by Crippen LogP contribution is -1.86. The molecule has 4 heteroatoms. The Balaban J connectivity index is 2.82. The smallest absolute Gasteiger partial charge is 0.140 e. The number of nitrogens with zero attached hydrogens (tertiary/aromatic N) is 2. The van der Waals surface area contributed by atoms with Crippen LogP contribution < -0.4 is 0 Å². The van der Waals surface area contributed by atoms with Crippen molar-refractivity contribution in [1.29, 1.82) is 5.41 Å². The summed E-state index contributed by atoms with van der Waals surface area (Å²) in [5, 5.41) is 11.6. The van der Waals surface area contributed by atoms with Gasteiger partial charge in [0.15, 0.2) is 0 Å². The standard InChI is InChI=1S/C7H9N3S/c1-3-5(2)4-6-7(8)11-10-9-6/h3-4,8H,1-2H3/b5-3-,6-4+,8-7?. The van der Waals surface area contributed by atoms with E-state index in [1.165, 1.54) is 0 Å². The van der Waals surface area contributed by atoms with E-state index in [1.54, 1.807) is 0 Å². The summed E-state index contributed by atoms with van der Waals surface area (Å²) in [6, 6.07) is 0. The number of hydrogen-bond donors (Lipinski definition) is 1. The quantitative estimate of drug-likeness (QED) is 0.600. The summed E-state index contributed by atoms with van der Waals surface area (Å²) < 4.78 is 3.65. The van der Waals surface area contributed by atoms with Crippen molar-refractivity contribution in [3.8, 4) is 0 Å². The van der Waals surface area contributed by atoms with Crippen LogP contribution in [0.25, 0.3) is 0 Å². The SMILES string of the molecule is C/C=C(C)\C=C1\N=NSC1=N. The second-order valence-electron chi connectivity index (χ2n) is 2.16. The molecule has 0 unspecified atom stereocenters. The van der Waals surface area contributed by atoms with Gasteiger partial charge in [-0.05, 0) is 19.9 Å². The molecule has 0 aromatic rings. The molecule has 0 saturated heterocycles. The van der Waals surface area contributed by atoms with Crippen molar-refractivity contribution in [3.05, 3.63) is 23.4 Å². The molecule has 0 spiro atoms.